The summed E-state index contributed by atoms with van der Waals surface area (Å²) in [5.74, 6) is 1.42. The monoisotopic (exact) mass is 153 g/mol. The van der Waals surface area contributed by atoms with Crippen LogP contribution in [0.4, 0.5) is 0 Å². The van der Waals surface area contributed by atoms with Crippen molar-refractivity contribution in [1.82, 2.24) is 4.90 Å². The summed E-state index contributed by atoms with van der Waals surface area (Å²) >= 11 is 0. The molecule has 0 saturated carbocycles. The predicted molar refractivity (Wildman–Crippen MR) is 48.0 cm³/mol. The summed E-state index contributed by atoms with van der Waals surface area (Å²) in [4.78, 5) is 10.6. The highest BCUT2D eigenvalue weighted by Crippen LogP contribution is 2.03. The molecule has 0 radical (unpaired) electrons. The van der Waals surface area contributed by atoms with Gasteiger partial charge in [0.15, 0.2) is 0 Å². The molecule has 0 amide bonds. The van der Waals surface area contributed by atoms with E-state index >= 15 is 0 Å². The first-order valence-corrected chi connectivity index (χ1v) is 4.06. The fourth-order valence-electron chi connectivity index (χ4n) is 0.895. The van der Waals surface area contributed by atoms with E-state index in [1.807, 2.05) is 6.34 Å². The zero-order valence-corrected chi connectivity index (χ0v) is 7.41. The zero-order chi connectivity index (χ0) is 8.27. The minimum absolute atomic E-state index is 0.449. The van der Waals surface area contributed by atoms with Crippen molar-refractivity contribution in [1.29, 1.82) is 0 Å². The van der Waals surface area contributed by atoms with Gasteiger partial charge in [-0.15, -0.1) is 0 Å². The molecule has 0 aliphatic carbocycles. The van der Waals surface area contributed by atoms with Crippen LogP contribution in [-0.4, -0.2) is 30.3 Å². The third kappa shape index (κ3) is 2.03. The van der Waals surface area contributed by atoms with Crippen LogP contribution in [0.25, 0.3) is 0 Å². The van der Waals surface area contributed by atoms with E-state index in [9.17, 15) is 0 Å². The van der Waals surface area contributed by atoms with Gasteiger partial charge in [-0.05, 0) is 6.92 Å². The van der Waals surface area contributed by atoms with Gasteiger partial charge in [-0.2, -0.15) is 0 Å². The van der Waals surface area contributed by atoms with E-state index in [0.717, 1.165) is 19.0 Å². The van der Waals surface area contributed by atoms with E-state index in [2.05, 4.69) is 35.7 Å². The molecular weight excluding hydrogens is 138 g/mol. The van der Waals surface area contributed by atoms with Crippen molar-refractivity contribution in [2.45, 2.75) is 20.8 Å². The summed E-state index contributed by atoms with van der Waals surface area (Å²) in [6, 6.07) is 0. The Labute approximate surface area is 67.8 Å². The average molecular weight is 153 g/mol. The van der Waals surface area contributed by atoms with Crippen LogP contribution in [0, 0.1) is 5.92 Å². The first-order chi connectivity index (χ1) is 5.24. The summed E-state index contributed by atoms with van der Waals surface area (Å²) in [6.07, 6.45) is 1.88. The number of amidine groups is 1. The number of hydrogen-bond acceptors (Lipinski definition) is 3. The fourth-order valence-corrected chi connectivity index (χ4v) is 0.895. The Morgan fingerprint density at radius 1 is 1.64 bits per heavy atom. The van der Waals surface area contributed by atoms with Crippen LogP contribution in [0.1, 0.15) is 20.8 Å². The SMILES string of the molecule is CCN1C=NC(C(C)C)=NC1. The first-order valence-electron chi connectivity index (χ1n) is 4.06. The lowest BCUT2D eigenvalue weighted by Crippen LogP contribution is -2.27. The maximum absolute atomic E-state index is 4.33. The second kappa shape index (κ2) is 3.51. The number of aliphatic imine (C=N–C) groups is 2. The van der Waals surface area contributed by atoms with Crippen molar-refractivity contribution in [3.8, 4) is 0 Å². The molecule has 0 aromatic heterocycles. The minimum atomic E-state index is 0.449. The van der Waals surface area contributed by atoms with Crippen molar-refractivity contribution in [2.24, 2.45) is 15.9 Å². The van der Waals surface area contributed by atoms with E-state index < -0.39 is 0 Å². The largest absolute Gasteiger partial charge is 0.343 e. The van der Waals surface area contributed by atoms with E-state index in [4.69, 9.17) is 0 Å². The van der Waals surface area contributed by atoms with Gasteiger partial charge in [0, 0.05) is 12.5 Å². The average Bonchev–Trinajstić information content (AvgIpc) is 2.05. The van der Waals surface area contributed by atoms with Crippen molar-refractivity contribution >= 4 is 12.2 Å². The van der Waals surface area contributed by atoms with Gasteiger partial charge in [0.25, 0.3) is 0 Å². The quantitative estimate of drug-likeness (QED) is 0.588. The third-order valence-electron chi connectivity index (χ3n) is 1.69. The summed E-state index contributed by atoms with van der Waals surface area (Å²) in [7, 11) is 0. The number of hydrogen-bond donors (Lipinski definition) is 0. The highest BCUT2D eigenvalue weighted by atomic mass is 15.3. The Kier molecular flexibility index (Phi) is 2.63. The molecule has 0 aromatic rings. The molecule has 1 aliphatic rings. The van der Waals surface area contributed by atoms with E-state index in [1.165, 1.54) is 0 Å². The molecule has 3 heteroatoms. The van der Waals surface area contributed by atoms with Crippen molar-refractivity contribution < 1.29 is 0 Å². The Morgan fingerprint density at radius 2 is 2.36 bits per heavy atom. The lowest BCUT2D eigenvalue weighted by molar-refractivity contribution is 0.461. The van der Waals surface area contributed by atoms with Crippen LogP contribution in [0.2, 0.25) is 0 Å². The predicted octanol–water partition coefficient (Wildman–Crippen LogP) is 1.36. The van der Waals surface area contributed by atoms with Gasteiger partial charge in [0.05, 0.1) is 6.34 Å². The minimum Gasteiger partial charge on any atom is -0.343 e. The molecule has 0 spiro atoms. The van der Waals surface area contributed by atoms with Gasteiger partial charge in [-0.25, -0.2) is 9.98 Å². The number of nitrogens with zero attached hydrogens (tertiary/aromatic N) is 3. The fraction of sp³-hybridized carbons (Fsp3) is 0.750. The molecule has 0 saturated heterocycles. The summed E-state index contributed by atoms with van der Waals surface area (Å²) in [5, 5.41) is 0. The van der Waals surface area contributed by atoms with Crippen LogP contribution >= 0.6 is 0 Å². The molecule has 0 aromatic carbocycles. The van der Waals surface area contributed by atoms with Crippen LogP contribution in [0.5, 0.6) is 0 Å². The maximum atomic E-state index is 4.33. The smallest absolute Gasteiger partial charge is 0.129 e. The molecule has 62 valence electrons. The normalized spacial score (nSPS) is 17.5. The Balaban J connectivity index is 2.53. The Bertz CT molecular complexity index is 182. The van der Waals surface area contributed by atoms with E-state index in [0.29, 0.717) is 5.92 Å². The van der Waals surface area contributed by atoms with Crippen molar-refractivity contribution in [3.05, 3.63) is 0 Å². The Hall–Kier alpha value is -0.860. The number of rotatable bonds is 2. The summed E-state index contributed by atoms with van der Waals surface area (Å²) in [6.45, 7) is 8.07. The molecule has 3 nitrogen and oxygen atoms in total. The second-order valence-corrected chi connectivity index (χ2v) is 2.96. The molecule has 1 aliphatic heterocycles. The van der Waals surface area contributed by atoms with Crippen LogP contribution in [0.15, 0.2) is 9.98 Å². The molecule has 0 unspecified atom stereocenters. The highest BCUT2D eigenvalue weighted by molar-refractivity contribution is 5.91. The second-order valence-electron chi connectivity index (χ2n) is 2.96. The van der Waals surface area contributed by atoms with Gasteiger partial charge in [0.2, 0.25) is 0 Å². The molecule has 11 heavy (non-hydrogen) atoms. The molecule has 0 atom stereocenters. The maximum Gasteiger partial charge on any atom is 0.129 e. The van der Waals surface area contributed by atoms with Gasteiger partial charge in [0.1, 0.15) is 12.5 Å². The van der Waals surface area contributed by atoms with Gasteiger partial charge in [-0.3, -0.25) is 0 Å². The van der Waals surface area contributed by atoms with Crippen molar-refractivity contribution in [2.75, 3.05) is 13.2 Å². The lowest BCUT2D eigenvalue weighted by Gasteiger charge is -2.19. The van der Waals surface area contributed by atoms with Gasteiger partial charge < -0.3 is 4.90 Å². The third-order valence-corrected chi connectivity index (χ3v) is 1.69. The molecule has 0 N–H and O–H groups in total. The molecule has 1 heterocycles. The molecule has 0 bridgehead atoms. The first kappa shape index (κ1) is 8.24. The van der Waals surface area contributed by atoms with Crippen LogP contribution in [0.3, 0.4) is 0 Å². The summed E-state index contributed by atoms with van der Waals surface area (Å²) in [5.41, 5.74) is 0. The van der Waals surface area contributed by atoms with E-state index in [-0.39, 0.29) is 0 Å². The van der Waals surface area contributed by atoms with Crippen LogP contribution < -0.4 is 0 Å². The van der Waals surface area contributed by atoms with Crippen molar-refractivity contribution in [3.63, 3.8) is 0 Å². The van der Waals surface area contributed by atoms with Gasteiger partial charge in [-0.1, -0.05) is 13.8 Å². The lowest BCUT2D eigenvalue weighted by atomic mass is 10.2. The zero-order valence-electron chi connectivity index (χ0n) is 7.41. The Morgan fingerprint density at radius 3 is 2.73 bits per heavy atom. The van der Waals surface area contributed by atoms with Crippen LogP contribution in [-0.2, 0) is 0 Å². The summed E-state index contributed by atoms with van der Waals surface area (Å²) < 4.78 is 0. The molecule has 1 rings (SSSR count). The highest BCUT2D eigenvalue weighted by Gasteiger charge is 2.07. The molecular formula is C8H15N3. The topological polar surface area (TPSA) is 28.0 Å². The standard InChI is InChI=1S/C8H15N3/c1-4-11-5-9-8(7(2)3)10-6-11/h5,7H,4,6H2,1-3H3. The molecule has 0 fully saturated rings. The van der Waals surface area contributed by atoms with Gasteiger partial charge >= 0.3 is 0 Å². The van der Waals surface area contributed by atoms with E-state index in [1.54, 1.807) is 0 Å².